The van der Waals surface area contributed by atoms with E-state index in [0.717, 1.165) is 40.5 Å². The van der Waals surface area contributed by atoms with Gasteiger partial charge in [-0.3, -0.25) is 0 Å². The molecule has 1 N–H and O–H groups in total. The van der Waals surface area contributed by atoms with Crippen LogP contribution in [0.5, 0.6) is 0 Å². The third-order valence-electron chi connectivity index (χ3n) is 2.74. The number of fused-ring (bicyclic) bond motifs is 1. The summed E-state index contributed by atoms with van der Waals surface area (Å²) in [5, 5.41) is 7.41. The molecule has 0 amide bonds. The van der Waals surface area contributed by atoms with Gasteiger partial charge in [-0.15, -0.1) is 11.3 Å². The minimum Gasteiger partial charge on any atom is -0.454 e. The Bertz CT molecular complexity index is 623. The van der Waals surface area contributed by atoms with E-state index in [2.05, 4.69) is 28.7 Å². The first kappa shape index (κ1) is 11.4. The van der Waals surface area contributed by atoms with E-state index in [0.29, 0.717) is 0 Å². The van der Waals surface area contributed by atoms with Gasteiger partial charge in [-0.1, -0.05) is 25.1 Å². The number of hydrogen-bond acceptors (Lipinski definition) is 4. The molecular formula is C14H14N2OS. The predicted molar refractivity (Wildman–Crippen MR) is 74.7 cm³/mol. The van der Waals surface area contributed by atoms with E-state index in [-0.39, 0.29) is 0 Å². The van der Waals surface area contributed by atoms with E-state index in [1.54, 1.807) is 11.3 Å². The fourth-order valence-electron chi connectivity index (χ4n) is 1.84. The highest BCUT2D eigenvalue weighted by molar-refractivity contribution is 7.13. The quantitative estimate of drug-likeness (QED) is 0.776. The molecule has 0 aliphatic heterocycles. The fourth-order valence-corrected chi connectivity index (χ4v) is 2.61. The molecule has 2 heterocycles. The van der Waals surface area contributed by atoms with Crippen molar-refractivity contribution in [1.82, 2.24) is 10.3 Å². The summed E-state index contributed by atoms with van der Waals surface area (Å²) in [6.45, 7) is 3.86. The van der Waals surface area contributed by atoms with Crippen LogP contribution in [0.4, 0.5) is 0 Å². The molecule has 2 aromatic heterocycles. The van der Waals surface area contributed by atoms with Crippen LogP contribution in [0.25, 0.3) is 21.7 Å². The Labute approximate surface area is 109 Å². The molecule has 0 saturated carbocycles. The largest absolute Gasteiger partial charge is 0.454 e. The summed E-state index contributed by atoms with van der Waals surface area (Å²) in [5.74, 6) is 0.851. The van der Waals surface area contributed by atoms with Gasteiger partial charge in [-0.2, -0.15) is 0 Å². The van der Waals surface area contributed by atoms with Gasteiger partial charge < -0.3 is 9.73 Å². The van der Waals surface area contributed by atoms with E-state index in [1.165, 1.54) is 0 Å². The molecular weight excluding hydrogens is 244 g/mol. The average molecular weight is 258 g/mol. The van der Waals surface area contributed by atoms with Crippen molar-refractivity contribution in [2.24, 2.45) is 0 Å². The second-order valence-corrected chi connectivity index (χ2v) is 4.93. The Kier molecular flexibility index (Phi) is 3.13. The van der Waals surface area contributed by atoms with Crippen LogP contribution in [0.3, 0.4) is 0 Å². The fraction of sp³-hybridized carbons (Fsp3) is 0.214. The zero-order valence-electron chi connectivity index (χ0n) is 10.1. The molecule has 92 valence electrons. The van der Waals surface area contributed by atoms with Crippen molar-refractivity contribution in [2.75, 3.05) is 6.54 Å². The van der Waals surface area contributed by atoms with E-state index in [1.807, 2.05) is 24.3 Å². The third-order valence-corrected chi connectivity index (χ3v) is 3.65. The number of para-hydroxylation sites is 1. The number of thiazole rings is 1. The predicted octanol–water partition coefficient (Wildman–Crippen LogP) is 3.67. The topological polar surface area (TPSA) is 38.1 Å². The lowest BCUT2D eigenvalue weighted by atomic mass is 10.2. The van der Waals surface area contributed by atoms with Crippen molar-refractivity contribution in [2.45, 2.75) is 13.5 Å². The van der Waals surface area contributed by atoms with Gasteiger partial charge in [0.25, 0.3) is 0 Å². The first-order chi connectivity index (χ1) is 8.86. The van der Waals surface area contributed by atoms with Gasteiger partial charge in [0.05, 0.1) is 5.69 Å². The molecule has 1 aromatic carbocycles. The van der Waals surface area contributed by atoms with Crippen molar-refractivity contribution < 1.29 is 4.42 Å². The lowest BCUT2D eigenvalue weighted by molar-refractivity contribution is 0.630. The SMILES string of the molecule is CCNCc1csc(-c2cc3ccccc3o2)n1. The molecule has 0 fully saturated rings. The molecule has 0 aliphatic carbocycles. The van der Waals surface area contributed by atoms with Crippen LogP contribution in [-0.4, -0.2) is 11.5 Å². The van der Waals surface area contributed by atoms with E-state index >= 15 is 0 Å². The highest BCUT2D eigenvalue weighted by Gasteiger charge is 2.09. The molecule has 0 radical (unpaired) electrons. The van der Waals surface area contributed by atoms with Gasteiger partial charge in [0.15, 0.2) is 10.8 Å². The minimum atomic E-state index is 0.813. The van der Waals surface area contributed by atoms with Crippen molar-refractivity contribution >= 4 is 22.3 Å². The van der Waals surface area contributed by atoms with Gasteiger partial charge in [0.2, 0.25) is 0 Å². The zero-order valence-corrected chi connectivity index (χ0v) is 11.0. The molecule has 3 nitrogen and oxygen atoms in total. The number of nitrogens with zero attached hydrogens (tertiary/aromatic N) is 1. The van der Waals surface area contributed by atoms with Crippen LogP contribution in [0.15, 0.2) is 40.1 Å². The zero-order chi connectivity index (χ0) is 12.4. The van der Waals surface area contributed by atoms with Crippen LogP contribution < -0.4 is 5.32 Å². The van der Waals surface area contributed by atoms with Crippen molar-refractivity contribution in [3.63, 3.8) is 0 Å². The van der Waals surface area contributed by atoms with Gasteiger partial charge >= 0.3 is 0 Å². The van der Waals surface area contributed by atoms with Crippen molar-refractivity contribution in [3.8, 4) is 10.8 Å². The van der Waals surface area contributed by atoms with Crippen molar-refractivity contribution in [3.05, 3.63) is 41.4 Å². The first-order valence-electron chi connectivity index (χ1n) is 6.01. The number of nitrogens with one attached hydrogen (secondary N) is 1. The molecule has 0 unspecified atom stereocenters. The lowest BCUT2D eigenvalue weighted by Crippen LogP contribution is -2.11. The number of furan rings is 1. The van der Waals surface area contributed by atoms with E-state index in [9.17, 15) is 0 Å². The second kappa shape index (κ2) is 4.92. The molecule has 18 heavy (non-hydrogen) atoms. The first-order valence-corrected chi connectivity index (χ1v) is 6.89. The highest BCUT2D eigenvalue weighted by Crippen LogP contribution is 2.29. The maximum absolute atomic E-state index is 5.80. The van der Waals surface area contributed by atoms with E-state index < -0.39 is 0 Å². The molecule has 0 bridgehead atoms. The number of aromatic nitrogens is 1. The summed E-state index contributed by atoms with van der Waals surface area (Å²) < 4.78 is 5.80. The Balaban J connectivity index is 1.91. The number of hydrogen-bond donors (Lipinski definition) is 1. The monoisotopic (exact) mass is 258 g/mol. The van der Waals surface area contributed by atoms with Crippen LogP contribution >= 0.6 is 11.3 Å². The number of benzene rings is 1. The van der Waals surface area contributed by atoms with Gasteiger partial charge in [0.1, 0.15) is 5.58 Å². The summed E-state index contributed by atoms with van der Waals surface area (Å²) in [5.41, 5.74) is 1.98. The maximum Gasteiger partial charge on any atom is 0.164 e. The summed E-state index contributed by atoms with van der Waals surface area (Å²) in [4.78, 5) is 4.58. The van der Waals surface area contributed by atoms with Crippen LogP contribution in [-0.2, 0) is 6.54 Å². The summed E-state index contributed by atoms with van der Waals surface area (Å²) in [6, 6.07) is 10.1. The van der Waals surface area contributed by atoms with Gasteiger partial charge in [-0.05, 0) is 18.7 Å². The molecule has 0 aliphatic rings. The molecule has 0 spiro atoms. The van der Waals surface area contributed by atoms with Crippen LogP contribution in [0.1, 0.15) is 12.6 Å². The Hall–Kier alpha value is -1.65. The third kappa shape index (κ3) is 2.17. The van der Waals surface area contributed by atoms with Crippen molar-refractivity contribution in [1.29, 1.82) is 0 Å². The normalized spacial score (nSPS) is 11.2. The standard InChI is InChI=1S/C14H14N2OS/c1-2-15-8-11-9-18-14(16-11)13-7-10-5-3-4-6-12(10)17-13/h3-7,9,15H,2,8H2,1H3. The smallest absolute Gasteiger partial charge is 0.164 e. The van der Waals surface area contributed by atoms with Crippen LogP contribution in [0, 0.1) is 0 Å². The van der Waals surface area contributed by atoms with Gasteiger partial charge in [0, 0.05) is 17.3 Å². The molecule has 4 heteroatoms. The van der Waals surface area contributed by atoms with E-state index in [4.69, 9.17) is 4.42 Å². The van der Waals surface area contributed by atoms with Gasteiger partial charge in [-0.25, -0.2) is 4.98 Å². The molecule has 0 atom stereocenters. The average Bonchev–Trinajstić information content (AvgIpc) is 3.02. The number of rotatable bonds is 4. The molecule has 3 rings (SSSR count). The maximum atomic E-state index is 5.80. The summed E-state index contributed by atoms with van der Waals surface area (Å²) >= 11 is 1.62. The Morgan fingerprint density at radius 1 is 1.33 bits per heavy atom. The molecule has 3 aromatic rings. The minimum absolute atomic E-state index is 0.813. The summed E-state index contributed by atoms with van der Waals surface area (Å²) in [7, 11) is 0. The summed E-state index contributed by atoms with van der Waals surface area (Å²) in [6.07, 6.45) is 0. The molecule has 0 saturated heterocycles. The van der Waals surface area contributed by atoms with Crippen LogP contribution in [0.2, 0.25) is 0 Å². The Morgan fingerprint density at radius 3 is 3.06 bits per heavy atom. The second-order valence-electron chi connectivity index (χ2n) is 4.07. The Morgan fingerprint density at radius 2 is 2.22 bits per heavy atom. The highest BCUT2D eigenvalue weighted by atomic mass is 32.1. The lowest BCUT2D eigenvalue weighted by Gasteiger charge is -1.95.